The van der Waals surface area contributed by atoms with Gasteiger partial charge in [-0.25, -0.2) is 9.98 Å². The van der Waals surface area contributed by atoms with E-state index in [1.165, 1.54) is 6.07 Å². The predicted octanol–water partition coefficient (Wildman–Crippen LogP) is 5.59. The highest BCUT2D eigenvalue weighted by molar-refractivity contribution is 14.1. The quantitative estimate of drug-likeness (QED) is 0.176. The number of nitrogens with zero attached hydrogens (tertiary/aromatic N) is 3. The van der Waals surface area contributed by atoms with Crippen LogP contribution in [0, 0.1) is 16.7 Å². The number of hydrogen-bond donors (Lipinski definition) is 3. The SMILES string of the molecule is CC(C)(C#N)c1ccc(C(I)=Nc2cc(C=N)c(NCC(F)(F)C(F)(F)F)cn2)c(N)c1. The second-order valence-electron chi connectivity index (χ2n) is 7.27. The van der Waals surface area contributed by atoms with E-state index in [0.717, 1.165) is 18.0 Å². The molecule has 0 aliphatic rings. The van der Waals surface area contributed by atoms with Crippen LogP contribution in [0.3, 0.4) is 0 Å². The first-order valence-electron chi connectivity index (χ1n) is 8.96. The van der Waals surface area contributed by atoms with E-state index >= 15 is 0 Å². The van der Waals surface area contributed by atoms with E-state index < -0.39 is 24.1 Å². The molecule has 0 unspecified atom stereocenters. The molecule has 1 heterocycles. The molecule has 0 spiro atoms. The molecule has 12 heteroatoms. The van der Waals surface area contributed by atoms with Crippen LogP contribution in [0.1, 0.15) is 30.5 Å². The summed E-state index contributed by atoms with van der Waals surface area (Å²) >= 11 is 1.91. The molecule has 6 nitrogen and oxygen atoms in total. The lowest BCUT2D eigenvalue weighted by atomic mass is 9.85. The predicted molar refractivity (Wildman–Crippen MR) is 121 cm³/mol. The van der Waals surface area contributed by atoms with Crippen molar-refractivity contribution < 1.29 is 22.0 Å². The maximum absolute atomic E-state index is 13.1. The van der Waals surface area contributed by atoms with Gasteiger partial charge in [-0.05, 0) is 60.2 Å². The van der Waals surface area contributed by atoms with Crippen LogP contribution in [0.15, 0.2) is 35.5 Å². The summed E-state index contributed by atoms with van der Waals surface area (Å²) in [5.74, 6) is -4.84. The highest BCUT2D eigenvalue weighted by Gasteiger charge is 2.57. The second-order valence-corrected chi connectivity index (χ2v) is 8.29. The molecular formula is C20H18F5IN6. The number of hydrogen-bond acceptors (Lipinski definition) is 6. The third kappa shape index (κ3) is 5.70. The van der Waals surface area contributed by atoms with Crippen molar-refractivity contribution in [2.45, 2.75) is 31.4 Å². The molecule has 0 atom stereocenters. The van der Waals surface area contributed by atoms with Crippen molar-refractivity contribution in [1.29, 1.82) is 10.7 Å². The third-order valence-electron chi connectivity index (χ3n) is 4.48. The number of aliphatic imine (C=N–C) groups is 1. The van der Waals surface area contributed by atoms with Gasteiger partial charge in [0.15, 0.2) is 5.82 Å². The largest absolute Gasteiger partial charge is 0.455 e. The Hall–Kier alpha value is -2.82. The van der Waals surface area contributed by atoms with Crippen LogP contribution < -0.4 is 11.1 Å². The van der Waals surface area contributed by atoms with Gasteiger partial charge < -0.3 is 16.5 Å². The van der Waals surface area contributed by atoms with Gasteiger partial charge in [0.2, 0.25) is 0 Å². The number of aromatic nitrogens is 1. The highest BCUT2D eigenvalue weighted by atomic mass is 127. The molecule has 0 radical (unpaired) electrons. The van der Waals surface area contributed by atoms with Crippen molar-refractivity contribution in [3.63, 3.8) is 0 Å². The van der Waals surface area contributed by atoms with Crippen LogP contribution in [0.25, 0.3) is 0 Å². The summed E-state index contributed by atoms with van der Waals surface area (Å²) in [6.07, 6.45) is -3.89. The summed E-state index contributed by atoms with van der Waals surface area (Å²) in [4.78, 5) is 8.24. The average Bonchev–Trinajstić information content (AvgIpc) is 2.71. The van der Waals surface area contributed by atoms with Crippen LogP contribution >= 0.6 is 22.6 Å². The van der Waals surface area contributed by atoms with Gasteiger partial charge in [0, 0.05) is 23.0 Å². The molecule has 2 aromatic rings. The molecule has 4 N–H and O–H groups in total. The first-order chi connectivity index (χ1) is 14.7. The summed E-state index contributed by atoms with van der Waals surface area (Å²) < 4.78 is 63.7. The minimum absolute atomic E-state index is 0.0278. The molecule has 0 saturated heterocycles. The first kappa shape index (κ1) is 25.4. The van der Waals surface area contributed by atoms with Crippen LogP contribution in [-0.2, 0) is 5.41 Å². The van der Waals surface area contributed by atoms with E-state index in [9.17, 15) is 27.2 Å². The minimum atomic E-state index is -5.70. The Labute approximate surface area is 194 Å². The van der Waals surface area contributed by atoms with E-state index in [1.54, 1.807) is 32.0 Å². The van der Waals surface area contributed by atoms with Gasteiger partial charge in [0.1, 0.15) is 3.72 Å². The molecule has 0 aliphatic heterocycles. The lowest BCUT2D eigenvalue weighted by molar-refractivity contribution is -0.275. The molecule has 0 amide bonds. The van der Waals surface area contributed by atoms with E-state index in [-0.39, 0.29) is 17.1 Å². The molecule has 0 aliphatic carbocycles. The molecule has 1 aromatic carbocycles. The smallest absolute Gasteiger partial charge is 0.398 e. The maximum atomic E-state index is 13.1. The molecule has 2 rings (SSSR count). The van der Waals surface area contributed by atoms with E-state index in [1.807, 2.05) is 27.9 Å². The summed E-state index contributed by atoms with van der Waals surface area (Å²) in [7, 11) is 0. The second kappa shape index (κ2) is 9.35. The molecule has 0 saturated carbocycles. The summed E-state index contributed by atoms with van der Waals surface area (Å²) in [6, 6.07) is 8.56. The van der Waals surface area contributed by atoms with Crippen molar-refractivity contribution in [3.8, 4) is 6.07 Å². The number of benzene rings is 1. The number of anilines is 2. The third-order valence-corrected chi connectivity index (χ3v) is 5.30. The number of nitrogens with one attached hydrogen (secondary N) is 2. The van der Waals surface area contributed by atoms with Crippen molar-refractivity contribution in [2.75, 3.05) is 17.6 Å². The molecular weight excluding hydrogens is 546 g/mol. The van der Waals surface area contributed by atoms with Crippen LogP contribution in [-0.4, -0.2) is 33.6 Å². The lowest BCUT2D eigenvalue weighted by Gasteiger charge is -2.20. The zero-order chi connectivity index (χ0) is 24.3. The average molecular weight is 564 g/mol. The maximum Gasteiger partial charge on any atom is 0.455 e. The highest BCUT2D eigenvalue weighted by Crippen LogP contribution is 2.35. The topological polar surface area (TPSA) is 111 Å². The number of rotatable bonds is 7. The van der Waals surface area contributed by atoms with Crippen molar-refractivity contribution in [1.82, 2.24) is 4.98 Å². The van der Waals surface area contributed by atoms with E-state index in [0.29, 0.717) is 15.0 Å². The van der Waals surface area contributed by atoms with Gasteiger partial charge in [-0.1, -0.05) is 6.07 Å². The molecule has 0 bridgehead atoms. The fourth-order valence-corrected chi connectivity index (χ4v) is 3.20. The van der Waals surface area contributed by atoms with Crippen LogP contribution in [0.2, 0.25) is 0 Å². The van der Waals surface area contributed by atoms with Crippen molar-refractivity contribution in [2.24, 2.45) is 4.99 Å². The summed E-state index contributed by atoms with van der Waals surface area (Å²) in [5, 5.41) is 18.7. The fourth-order valence-electron chi connectivity index (χ4n) is 2.46. The van der Waals surface area contributed by atoms with Crippen LogP contribution in [0.4, 0.5) is 39.1 Å². The first-order valence-corrected chi connectivity index (χ1v) is 10.0. The van der Waals surface area contributed by atoms with Gasteiger partial charge in [-0.2, -0.15) is 27.2 Å². The number of nitriles is 1. The Balaban J connectivity index is 2.30. The van der Waals surface area contributed by atoms with Gasteiger partial charge >= 0.3 is 12.1 Å². The van der Waals surface area contributed by atoms with E-state index in [2.05, 4.69) is 16.0 Å². The molecule has 170 valence electrons. The Bertz CT molecular complexity index is 1090. The molecule has 32 heavy (non-hydrogen) atoms. The van der Waals surface area contributed by atoms with Gasteiger partial charge in [0.25, 0.3) is 0 Å². The molecule has 0 fully saturated rings. The Morgan fingerprint density at radius 3 is 2.47 bits per heavy atom. The summed E-state index contributed by atoms with van der Waals surface area (Å²) in [5.41, 5.74) is 6.89. The van der Waals surface area contributed by atoms with E-state index in [4.69, 9.17) is 11.1 Å². The number of halogens is 6. The fraction of sp³-hybridized carbons (Fsp3) is 0.300. The van der Waals surface area contributed by atoms with Gasteiger partial charge in [0.05, 0.1) is 29.9 Å². The monoisotopic (exact) mass is 564 g/mol. The van der Waals surface area contributed by atoms with Crippen LogP contribution in [0.5, 0.6) is 0 Å². The van der Waals surface area contributed by atoms with Gasteiger partial charge in [-0.15, -0.1) is 0 Å². The Kier molecular flexibility index (Phi) is 7.44. The number of nitrogens with two attached hydrogens (primary N) is 1. The Morgan fingerprint density at radius 2 is 1.94 bits per heavy atom. The zero-order valence-corrected chi connectivity index (χ0v) is 19.0. The lowest BCUT2D eigenvalue weighted by Crippen LogP contribution is -2.42. The van der Waals surface area contributed by atoms with Gasteiger partial charge in [-0.3, -0.25) is 0 Å². The number of nitrogen functional groups attached to an aromatic ring is 1. The van der Waals surface area contributed by atoms with Crippen molar-refractivity contribution in [3.05, 3.63) is 47.2 Å². The minimum Gasteiger partial charge on any atom is -0.398 e. The normalized spacial score (nSPS) is 12.9. The standard InChI is InChI=1S/C20H18F5IN6/c1-18(2,9-28)12-3-4-13(14(29)6-12)17(26)32-16-5-11(7-27)15(8-30-16)31-10-19(21,22)20(23,24)25/h3-8,27,31H,10,29H2,1-2H3. The number of pyridine rings is 1. The zero-order valence-electron chi connectivity index (χ0n) is 16.9. The Morgan fingerprint density at radius 1 is 1.28 bits per heavy atom. The molecule has 1 aromatic heterocycles. The number of alkyl halides is 5. The van der Waals surface area contributed by atoms with Crippen molar-refractivity contribution >= 4 is 49.7 Å². The summed E-state index contributed by atoms with van der Waals surface area (Å²) in [6.45, 7) is 1.81.